The Morgan fingerprint density at radius 2 is 1.59 bits per heavy atom. The van der Waals surface area contributed by atoms with Crippen molar-refractivity contribution in [2.45, 2.75) is 38.1 Å². The summed E-state index contributed by atoms with van der Waals surface area (Å²) in [6.07, 6.45) is 0.742. The smallest absolute Gasteiger partial charge is 0.338 e. The molecule has 142 valence electrons. The fourth-order valence-corrected chi connectivity index (χ4v) is 2.95. The summed E-state index contributed by atoms with van der Waals surface area (Å²) in [5.41, 5.74) is 1.38. The number of Topliss-reactive ketones (excluding diaryl/α,β-unsaturated/α-hetero) is 1. The highest BCUT2D eigenvalue weighted by molar-refractivity contribution is 5.92. The van der Waals surface area contributed by atoms with E-state index in [2.05, 4.69) is 0 Å². The number of carbonyl (C=O) groups excluding carboxylic acids is 2. The molecule has 1 saturated heterocycles. The van der Waals surface area contributed by atoms with E-state index in [0.717, 1.165) is 12.0 Å². The van der Waals surface area contributed by atoms with Crippen molar-refractivity contribution in [1.82, 2.24) is 0 Å². The van der Waals surface area contributed by atoms with E-state index in [4.69, 9.17) is 14.2 Å². The molecular formula is C22H24O5. The summed E-state index contributed by atoms with van der Waals surface area (Å²) in [4.78, 5) is 25.2. The molecule has 0 bridgehead atoms. The van der Waals surface area contributed by atoms with E-state index in [-0.39, 0.29) is 18.5 Å². The van der Waals surface area contributed by atoms with Gasteiger partial charge in [0.1, 0.15) is 0 Å². The Kier molecular flexibility index (Phi) is 7.13. The van der Waals surface area contributed by atoms with Gasteiger partial charge in [0, 0.05) is 19.3 Å². The molecule has 27 heavy (non-hydrogen) atoms. The van der Waals surface area contributed by atoms with Crippen molar-refractivity contribution >= 4 is 11.8 Å². The quantitative estimate of drug-likeness (QED) is 0.667. The largest absolute Gasteiger partial charge is 0.450 e. The van der Waals surface area contributed by atoms with Crippen molar-refractivity contribution in [2.24, 2.45) is 0 Å². The summed E-state index contributed by atoms with van der Waals surface area (Å²) in [6.45, 7) is 1.30. The van der Waals surface area contributed by atoms with Crippen LogP contribution >= 0.6 is 0 Å². The maximum atomic E-state index is 12.8. The molecule has 1 unspecified atom stereocenters. The highest BCUT2D eigenvalue weighted by atomic mass is 16.7. The van der Waals surface area contributed by atoms with Crippen LogP contribution in [-0.4, -0.2) is 37.4 Å². The first-order valence-corrected chi connectivity index (χ1v) is 9.28. The summed E-state index contributed by atoms with van der Waals surface area (Å²) in [5, 5.41) is 0. The Morgan fingerprint density at radius 1 is 0.963 bits per heavy atom. The molecule has 0 amide bonds. The molecule has 0 aliphatic carbocycles. The molecule has 0 N–H and O–H groups in total. The number of rotatable bonds is 8. The number of ketones is 1. The second kappa shape index (κ2) is 10.00. The standard InChI is InChI=1S/C22H24O5/c23-19(12-13-21-25-14-7-15-26-21)20(16-17-8-3-1-4-9-17)27-22(24)18-10-5-2-6-11-18/h1-6,8-11,20-21H,7,12-16H2. The third-order valence-electron chi connectivity index (χ3n) is 4.40. The van der Waals surface area contributed by atoms with Gasteiger partial charge < -0.3 is 14.2 Å². The van der Waals surface area contributed by atoms with Gasteiger partial charge in [-0.3, -0.25) is 4.79 Å². The average Bonchev–Trinajstić information content (AvgIpc) is 2.73. The van der Waals surface area contributed by atoms with Gasteiger partial charge in [-0.15, -0.1) is 0 Å². The second-order valence-corrected chi connectivity index (χ2v) is 6.48. The lowest BCUT2D eigenvalue weighted by molar-refractivity contribution is -0.182. The molecule has 0 spiro atoms. The van der Waals surface area contributed by atoms with Gasteiger partial charge in [-0.25, -0.2) is 4.79 Å². The van der Waals surface area contributed by atoms with Crippen LogP contribution in [0.1, 0.15) is 35.2 Å². The van der Waals surface area contributed by atoms with Crippen molar-refractivity contribution in [3.8, 4) is 0 Å². The maximum absolute atomic E-state index is 12.8. The van der Waals surface area contributed by atoms with Crippen molar-refractivity contribution in [1.29, 1.82) is 0 Å². The minimum absolute atomic E-state index is 0.124. The van der Waals surface area contributed by atoms with Gasteiger partial charge in [0.05, 0.1) is 18.8 Å². The molecule has 5 nitrogen and oxygen atoms in total. The van der Waals surface area contributed by atoms with Crippen LogP contribution in [0.5, 0.6) is 0 Å². The third kappa shape index (κ3) is 6.01. The fraction of sp³-hybridized carbons (Fsp3) is 0.364. The van der Waals surface area contributed by atoms with E-state index >= 15 is 0 Å². The normalized spacial score (nSPS) is 15.9. The van der Waals surface area contributed by atoms with Crippen molar-refractivity contribution in [3.05, 3.63) is 71.8 Å². The molecular weight excluding hydrogens is 344 g/mol. The maximum Gasteiger partial charge on any atom is 0.338 e. The highest BCUT2D eigenvalue weighted by Gasteiger charge is 2.25. The zero-order valence-electron chi connectivity index (χ0n) is 15.2. The van der Waals surface area contributed by atoms with E-state index in [1.165, 1.54) is 0 Å². The van der Waals surface area contributed by atoms with Gasteiger partial charge in [0.15, 0.2) is 18.2 Å². The second-order valence-electron chi connectivity index (χ2n) is 6.48. The Labute approximate surface area is 159 Å². The number of hydrogen-bond acceptors (Lipinski definition) is 5. The summed E-state index contributed by atoms with van der Waals surface area (Å²) >= 11 is 0. The van der Waals surface area contributed by atoms with Crippen molar-refractivity contribution < 1.29 is 23.8 Å². The molecule has 0 aromatic heterocycles. The third-order valence-corrected chi connectivity index (χ3v) is 4.40. The molecule has 1 heterocycles. The van der Waals surface area contributed by atoms with Crippen LogP contribution in [0.3, 0.4) is 0 Å². The highest BCUT2D eigenvalue weighted by Crippen LogP contribution is 2.16. The molecule has 3 rings (SSSR count). The lowest BCUT2D eigenvalue weighted by Crippen LogP contribution is -2.32. The first-order valence-electron chi connectivity index (χ1n) is 9.28. The van der Waals surface area contributed by atoms with Crippen LogP contribution in [0.25, 0.3) is 0 Å². The minimum Gasteiger partial charge on any atom is -0.450 e. The van der Waals surface area contributed by atoms with E-state index in [1.54, 1.807) is 24.3 Å². The topological polar surface area (TPSA) is 61.8 Å². The van der Waals surface area contributed by atoms with E-state index < -0.39 is 12.1 Å². The average molecular weight is 368 g/mol. The van der Waals surface area contributed by atoms with Crippen LogP contribution in [-0.2, 0) is 25.4 Å². The predicted molar refractivity (Wildman–Crippen MR) is 100 cm³/mol. The van der Waals surface area contributed by atoms with Gasteiger partial charge in [-0.05, 0) is 24.1 Å². The van der Waals surface area contributed by atoms with E-state index in [0.29, 0.717) is 31.6 Å². The summed E-state index contributed by atoms with van der Waals surface area (Å²) in [6, 6.07) is 18.3. The Morgan fingerprint density at radius 3 is 2.26 bits per heavy atom. The number of carbonyl (C=O) groups is 2. The van der Waals surface area contributed by atoms with Gasteiger partial charge in [0.2, 0.25) is 0 Å². The van der Waals surface area contributed by atoms with Crippen LogP contribution in [0.2, 0.25) is 0 Å². The number of ether oxygens (including phenoxy) is 3. The number of hydrogen-bond donors (Lipinski definition) is 0. The van der Waals surface area contributed by atoms with E-state index in [9.17, 15) is 9.59 Å². The van der Waals surface area contributed by atoms with Crippen LogP contribution in [0.4, 0.5) is 0 Å². The molecule has 1 aliphatic heterocycles. The van der Waals surface area contributed by atoms with Gasteiger partial charge >= 0.3 is 5.97 Å². The zero-order chi connectivity index (χ0) is 18.9. The SMILES string of the molecule is O=C(OC(Cc1ccccc1)C(=O)CCC1OCCCO1)c1ccccc1. The molecule has 1 fully saturated rings. The van der Waals surface area contributed by atoms with Crippen molar-refractivity contribution in [2.75, 3.05) is 13.2 Å². The molecule has 5 heteroatoms. The first kappa shape index (κ1) is 19.3. The minimum atomic E-state index is -0.830. The van der Waals surface area contributed by atoms with Gasteiger partial charge in [-0.2, -0.15) is 0 Å². The fourth-order valence-electron chi connectivity index (χ4n) is 2.95. The Bertz CT molecular complexity index is 723. The monoisotopic (exact) mass is 368 g/mol. The molecule has 1 aliphatic rings. The first-order chi connectivity index (χ1) is 13.2. The van der Waals surface area contributed by atoms with Gasteiger partial charge in [-0.1, -0.05) is 48.5 Å². The summed E-state index contributed by atoms with van der Waals surface area (Å²) in [5.74, 6) is -0.615. The predicted octanol–water partition coefficient (Wildman–Crippen LogP) is 3.57. The van der Waals surface area contributed by atoms with Crippen LogP contribution < -0.4 is 0 Å². The molecule has 2 aromatic carbocycles. The molecule has 2 aromatic rings. The Hall–Kier alpha value is -2.50. The lowest BCUT2D eigenvalue weighted by Gasteiger charge is -2.24. The lowest BCUT2D eigenvalue weighted by atomic mass is 10.0. The summed E-state index contributed by atoms with van der Waals surface area (Å²) in [7, 11) is 0. The summed E-state index contributed by atoms with van der Waals surface area (Å²) < 4.78 is 16.6. The number of esters is 1. The Balaban J connectivity index is 1.64. The number of benzene rings is 2. The van der Waals surface area contributed by atoms with Crippen LogP contribution in [0, 0.1) is 0 Å². The van der Waals surface area contributed by atoms with Gasteiger partial charge in [0.25, 0.3) is 0 Å². The molecule has 1 atom stereocenters. The molecule has 0 saturated carbocycles. The van der Waals surface area contributed by atoms with Crippen molar-refractivity contribution in [3.63, 3.8) is 0 Å². The molecule has 0 radical (unpaired) electrons. The van der Waals surface area contributed by atoms with Crippen LogP contribution in [0.15, 0.2) is 60.7 Å². The van der Waals surface area contributed by atoms with E-state index in [1.807, 2.05) is 36.4 Å². The zero-order valence-corrected chi connectivity index (χ0v) is 15.2.